The second-order valence-electron chi connectivity index (χ2n) is 19.3. The molecule has 58 heavy (non-hydrogen) atoms. The number of unbranched alkanes of at least 4 members (excludes halogenated alkanes) is 49. The number of ether oxygens (including phenoxy) is 1. The Balaban J connectivity index is 3.14. The van der Waals surface area contributed by atoms with E-state index in [4.69, 9.17) is 4.74 Å². The van der Waals surface area contributed by atoms with Crippen LogP contribution in [0.25, 0.3) is 0 Å². The quantitative estimate of drug-likeness (QED) is 0.0451. The van der Waals surface area contributed by atoms with Crippen LogP contribution in [0.1, 0.15) is 348 Å². The van der Waals surface area contributed by atoms with Crippen LogP contribution in [-0.2, 0) is 9.53 Å². The van der Waals surface area contributed by atoms with Gasteiger partial charge < -0.3 is 4.74 Å². The molecule has 0 aliphatic carbocycles. The molecule has 2 heteroatoms. The third-order valence-electron chi connectivity index (χ3n) is 13.2. The van der Waals surface area contributed by atoms with Crippen molar-refractivity contribution in [2.45, 2.75) is 348 Å². The van der Waals surface area contributed by atoms with Gasteiger partial charge in [-0.3, -0.25) is 4.79 Å². The zero-order valence-electron chi connectivity index (χ0n) is 40.8. The average molecular weight is 818 g/mol. The molecular weight excluding hydrogens is 705 g/mol. The van der Waals surface area contributed by atoms with E-state index in [1.54, 1.807) is 0 Å². The first kappa shape index (κ1) is 57.5. The van der Waals surface area contributed by atoms with Crippen LogP contribution < -0.4 is 0 Å². The Hall–Kier alpha value is -0.530. The normalized spacial score (nSPS) is 11.6. The smallest absolute Gasteiger partial charge is 0.305 e. The maximum atomic E-state index is 12.1. The van der Waals surface area contributed by atoms with Crippen molar-refractivity contribution in [2.75, 3.05) is 6.61 Å². The molecule has 0 fully saturated rings. The van der Waals surface area contributed by atoms with Gasteiger partial charge in [0, 0.05) is 6.42 Å². The zero-order valence-corrected chi connectivity index (χ0v) is 40.8. The maximum Gasteiger partial charge on any atom is 0.305 e. The summed E-state index contributed by atoms with van der Waals surface area (Å²) in [7, 11) is 0. The van der Waals surface area contributed by atoms with E-state index < -0.39 is 0 Å². The predicted octanol–water partition coefficient (Wildman–Crippen LogP) is 20.9. The number of carbonyl (C=O) groups is 1. The Labute approximate surface area is 368 Å². The van der Waals surface area contributed by atoms with Crippen molar-refractivity contribution in [3.63, 3.8) is 0 Å². The molecule has 2 nitrogen and oxygen atoms in total. The second kappa shape index (κ2) is 54.5. The van der Waals surface area contributed by atoms with Crippen molar-refractivity contribution in [1.82, 2.24) is 0 Å². The molecule has 0 unspecified atom stereocenters. The first-order valence-electron chi connectivity index (χ1n) is 28.0. The molecule has 0 atom stereocenters. The number of esters is 1. The Morgan fingerprint density at radius 1 is 0.224 bits per heavy atom. The minimum absolute atomic E-state index is 0.0354. The van der Waals surface area contributed by atoms with Crippen LogP contribution in [0.5, 0.6) is 0 Å². The van der Waals surface area contributed by atoms with Gasteiger partial charge in [-0.05, 0) is 12.8 Å². The van der Waals surface area contributed by atoms with Crippen molar-refractivity contribution in [3.05, 3.63) is 0 Å². The third kappa shape index (κ3) is 53.5. The highest BCUT2D eigenvalue weighted by atomic mass is 16.5. The van der Waals surface area contributed by atoms with E-state index in [-0.39, 0.29) is 5.97 Å². The zero-order chi connectivity index (χ0) is 41.8. The van der Waals surface area contributed by atoms with Crippen LogP contribution >= 0.6 is 0 Å². The van der Waals surface area contributed by atoms with Gasteiger partial charge in [0.05, 0.1) is 6.61 Å². The molecule has 348 valence electrons. The molecule has 0 amide bonds. The van der Waals surface area contributed by atoms with Gasteiger partial charge in [0.1, 0.15) is 0 Å². The topological polar surface area (TPSA) is 26.3 Å². The summed E-state index contributed by atoms with van der Waals surface area (Å²) < 4.78 is 5.51. The van der Waals surface area contributed by atoms with E-state index in [1.165, 1.54) is 315 Å². The Morgan fingerprint density at radius 2 is 0.379 bits per heavy atom. The second-order valence-corrected chi connectivity index (χ2v) is 19.3. The minimum atomic E-state index is 0.0354. The molecule has 0 aliphatic rings. The fraction of sp³-hybridized carbons (Fsp3) is 0.982. The maximum absolute atomic E-state index is 12.1. The minimum Gasteiger partial charge on any atom is -0.466 e. The molecule has 0 saturated carbocycles. The highest BCUT2D eigenvalue weighted by Gasteiger charge is 2.03. The monoisotopic (exact) mass is 817 g/mol. The molecule has 0 heterocycles. The Morgan fingerprint density at radius 3 is 0.569 bits per heavy atom. The molecule has 0 aromatic heterocycles. The van der Waals surface area contributed by atoms with Gasteiger partial charge in [-0.1, -0.05) is 328 Å². The number of hydrogen-bond acceptors (Lipinski definition) is 2. The van der Waals surface area contributed by atoms with Gasteiger partial charge in [-0.25, -0.2) is 0 Å². The van der Waals surface area contributed by atoms with Crippen molar-refractivity contribution < 1.29 is 9.53 Å². The van der Waals surface area contributed by atoms with Crippen LogP contribution in [0.4, 0.5) is 0 Å². The molecule has 0 aliphatic heterocycles. The molecule has 0 bridgehead atoms. The number of rotatable bonds is 53. The van der Waals surface area contributed by atoms with E-state index in [9.17, 15) is 4.79 Å². The molecule has 0 N–H and O–H groups in total. The van der Waals surface area contributed by atoms with Crippen LogP contribution in [0, 0.1) is 0 Å². The molecule has 0 saturated heterocycles. The lowest BCUT2D eigenvalue weighted by atomic mass is 10.0. The predicted molar refractivity (Wildman–Crippen MR) is 262 cm³/mol. The number of carbonyl (C=O) groups excluding carboxylic acids is 1. The largest absolute Gasteiger partial charge is 0.466 e. The van der Waals surface area contributed by atoms with Crippen molar-refractivity contribution in [2.24, 2.45) is 0 Å². The summed E-state index contributed by atoms with van der Waals surface area (Å²) in [6.07, 6.45) is 72.8. The Bertz CT molecular complexity index is 717. The average Bonchev–Trinajstić information content (AvgIpc) is 3.23. The standard InChI is InChI=1S/C56H112O2/c1-3-5-7-9-11-13-15-17-19-21-23-25-26-27-28-29-30-31-32-33-35-37-39-41-43-45-47-49-51-53-55-58-56(57)54-52-50-48-46-44-42-40-38-36-34-24-22-20-18-16-14-12-10-8-6-4-2/h3-55H2,1-2H3. The summed E-state index contributed by atoms with van der Waals surface area (Å²) in [6.45, 7) is 5.25. The SMILES string of the molecule is CCCCCCCCCCCCCCCCCCCCCCCCCCCCCCCCOC(=O)CCCCCCCCCCCCCCCCCCCCCCC. The molecule has 0 radical (unpaired) electrons. The lowest BCUT2D eigenvalue weighted by Gasteiger charge is -2.06. The third-order valence-corrected chi connectivity index (χ3v) is 13.2. The molecular formula is C56H112O2. The van der Waals surface area contributed by atoms with Crippen LogP contribution in [0.3, 0.4) is 0 Å². The summed E-state index contributed by atoms with van der Waals surface area (Å²) in [5.74, 6) is 0.0354. The van der Waals surface area contributed by atoms with E-state index in [0.717, 1.165) is 12.8 Å². The van der Waals surface area contributed by atoms with E-state index in [1.807, 2.05) is 0 Å². The molecule has 0 rings (SSSR count). The fourth-order valence-electron chi connectivity index (χ4n) is 9.08. The van der Waals surface area contributed by atoms with Gasteiger partial charge in [0.2, 0.25) is 0 Å². The molecule has 0 spiro atoms. The lowest BCUT2D eigenvalue weighted by molar-refractivity contribution is -0.143. The van der Waals surface area contributed by atoms with Gasteiger partial charge in [-0.2, -0.15) is 0 Å². The first-order valence-corrected chi connectivity index (χ1v) is 28.0. The van der Waals surface area contributed by atoms with E-state index in [0.29, 0.717) is 13.0 Å². The van der Waals surface area contributed by atoms with Crippen LogP contribution in [0.15, 0.2) is 0 Å². The van der Waals surface area contributed by atoms with Crippen molar-refractivity contribution in [1.29, 1.82) is 0 Å². The molecule has 0 aromatic rings. The Kier molecular flexibility index (Phi) is 54.0. The lowest BCUT2D eigenvalue weighted by Crippen LogP contribution is -2.05. The van der Waals surface area contributed by atoms with E-state index in [2.05, 4.69) is 13.8 Å². The van der Waals surface area contributed by atoms with Gasteiger partial charge in [-0.15, -0.1) is 0 Å². The molecule has 0 aromatic carbocycles. The number of hydrogen-bond donors (Lipinski definition) is 0. The summed E-state index contributed by atoms with van der Waals surface area (Å²) in [5.41, 5.74) is 0. The summed E-state index contributed by atoms with van der Waals surface area (Å²) in [5, 5.41) is 0. The van der Waals surface area contributed by atoms with Crippen molar-refractivity contribution in [3.8, 4) is 0 Å². The summed E-state index contributed by atoms with van der Waals surface area (Å²) >= 11 is 0. The fourth-order valence-corrected chi connectivity index (χ4v) is 9.08. The first-order chi connectivity index (χ1) is 28.8. The van der Waals surface area contributed by atoms with Crippen molar-refractivity contribution >= 4 is 5.97 Å². The summed E-state index contributed by atoms with van der Waals surface area (Å²) in [4.78, 5) is 12.1. The van der Waals surface area contributed by atoms with Crippen LogP contribution in [-0.4, -0.2) is 12.6 Å². The highest BCUT2D eigenvalue weighted by molar-refractivity contribution is 5.69. The van der Waals surface area contributed by atoms with Gasteiger partial charge in [0.25, 0.3) is 0 Å². The van der Waals surface area contributed by atoms with Gasteiger partial charge >= 0.3 is 5.97 Å². The van der Waals surface area contributed by atoms with E-state index >= 15 is 0 Å². The summed E-state index contributed by atoms with van der Waals surface area (Å²) in [6, 6.07) is 0. The van der Waals surface area contributed by atoms with Gasteiger partial charge in [0.15, 0.2) is 0 Å². The highest BCUT2D eigenvalue weighted by Crippen LogP contribution is 2.18. The van der Waals surface area contributed by atoms with Crippen LogP contribution in [0.2, 0.25) is 0 Å².